The average molecular weight is 304 g/mol. The van der Waals surface area contributed by atoms with E-state index in [1.807, 2.05) is 13.8 Å². The summed E-state index contributed by atoms with van der Waals surface area (Å²) in [5, 5.41) is 2.13. The monoisotopic (exact) mass is 304 g/mol. The van der Waals surface area contributed by atoms with Gasteiger partial charge in [-0.3, -0.25) is 29.4 Å². The van der Waals surface area contributed by atoms with Crippen LogP contribution in [0.3, 0.4) is 0 Å². The van der Waals surface area contributed by atoms with Gasteiger partial charge in [-0.05, 0) is 25.0 Å². The molecule has 0 radical (unpaired) electrons. The molecule has 1 unspecified atom stereocenters. The lowest BCUT2D eigenvalue weighted by Gasteiger charge is -2.28. The van der Waals surface area contributed by atoms with Crippen molar-refractivity contribution in [1.82, 2.24) is 10.2 Å². The molecule has 118 valence electrons. The molecule has 1 aliphatic heterocycles. The number of carbonyl (C=O) groups is 4. The number of rotatable bonds is 3. The molecule has 0 bridgehead atoms. The Morgan fingerprint density at radius 1 is 1.27 bits per heavy atom. The highest BCUT2D eigenvalue weighted by Crippen LogP contribution is 2.16. The summed E-state index contributed by atoms with van der Waals surface area (Å²) in [5.74, 6) is -1.54. The molecule has 0 spiro atoms. The second-order valence-electron chi connectivity index (χ2n) is 4.60. The topological polar surface area (TPSA) is 83.6 Å². The van der Waals surface area contributed by atoms with E-state index in [1.54, 1.807) is 31.2 Å². The average Bonchev–Trinajstić information content (AvgIpc) is 2.52. The number of piperidine rings is 1. The summed E-state index contributed by atoms with van der Waals surface area (Å²) >= 11 is 0. The standard InChI is InChI=1S/C14H14N2O4.C2H6/c1-9-4-2-3-5-10(9)14(20)16(8-17)11-6-7-12(18)15-13(11)19;1-2/h2-5,8,11H,6-7H2,1H3,(H,15,18,19);1-2H3. The Bertz CT molecular complexity index is 583. The van der Waals surface area contributed by atoms with Gasteiger partial charge in [0.05, 0.1) is 0 Å². The third kappa shape index (κ3) is 3.78. The van der Waals surface area contributed by atoms with Crippen LogP contribution in [0.1, 0.15) is 42.6 Å². The van der Waals surface area contributed by atoms with Gasteiger partial charge in [-0.15, -0.1) is 0 Å². The van der Waals surface area contributed by atoms with Crippen LogP contribution in [0.15, 0.2) is 24.3 Å². The van der Waals surface area contributed by atoms with E-state index in [0.29, 0.717) is 12.0 Å². The lowest BCUT2D eigenvalue weighted by molar-refractivity contribution is -0.139. The molecule has 0 aromatic heterocycles. The summed E-state index contributed by atoms with van der Waals surface area (Å²) in [5.41, 5.74) is 1.08. The first-order chi connectivity index (χ1) is 10.5. The van der Waals surface area contributed by atoms with Gasteiger partial charge in [0.2, 0.25) is 18.2 Å². The molecule has 1 aliphatic rings. The predicted molar refractivity (Wildman–Crippen MR) is 80.9 cm³/mol. The SMILES string of the molecule is CC.Cc1ccccc1C(=O)N(C=O)C1CCC(=O)NC1=O. The van der Waals surface area contributed by atoms with Gasteiger partial charge in [0.1, 0.15) is 6.04 Å². The van der Waals surface area contributed by atoms with Gasteiger partial charge in [0, 0.05) is 12.0 Å². The summed E-state index contributed by atoms with van der Waals surface area (Å²) in [4.78, 5) is 47.2. The second-order valence-corrected chi connectivity index (χ2v) is 4.60. The molecule has 6 nitrogen and oxygen atoms in total. The van der Waals surface area contributed by atoms with Crippen LogP contribution < -0.4 is 5.32 Å². The number of nitrogens with one attached hydrogen (secondary N) is 1. The number of aryl methyl sites for hydroxylation is 1. The van der Waals surface area contributed by atoms with Crippen molar-refractivity contribution in [2.75, 3.05) is 0 Å². The van der Waals surface area contributed by atoms with Crippen LogP contribution in [0.25, 0.3) is 0 Å². The van der Waals surface area contributed by atoms with Crippen LogP contribution in [0.5, 0.6) is 0 Å². The lowest BCUT2D eigenvalue weighted by atomic mass is 10.0. The largest absolute Gasteiger partial charge is 0.295 e. The fraction of sp³-hybridized carbons (Fsp3) is 0.375. The molecule has 1 saturated heterocycles. The number of hydrogen-bond acceptors (Lipinski definition) is 4. The van der Waals surface area contributed by atoms with Crippen molar-refractivity contribution in [2.24, 2.45) is 0 Å². The summed E-state index contributed by atoms with van der Waals surface area (Å²) < 4.78 is 0. The molecule has 2 rings (SSSR count). The van der Waals surface area contributed by atoms with E-state index in [1.165, 1.54) is 0 Å². The summed E-state index contributed by atoms with van der Waals surface area (Å²) in [6.45, 7) is 5.75. The first-order valence-corrected chi connectivity index (χ1v) is 7.22. The van der Waals surface area contributed by atoms with Gasteiger partial charge in [-0.2, -0.15) is 0 Å². The molecule has 1 aromatic rings. The number of imide groups is 2. The molecular formula is C16H20N2O4. The van der Waals surface area contributed by atoms with E-state index in [4.69, 9.17) is 0 Å². The Labute approximate surface area is 129 Å². The third-order valence-corrected chi connectivity index (χ3v) is 3.27. The van der Waals surface area contributed by atoms with Crippen molar-refractivity contribution < 1.29 is 19.2 Å². The van der Waals surface area contributed by atoms with E-state index < -0.39 is 17.9 Å². The minimum absolute atomic E-state index is 0.113. The van der Waals surface area contributed by atoms with E-state index in [2.05, 4.69) is 5.32 Å². The quantitative estimate of drug-likeness (QED) is 0.676. The zero-order chi connectivity index (χ0) is 16.7. The Balaban J connectivity index is 0.00000116. The van der Waals surface area contributed by atoms with Gasteiger partial charge < -0.3 is 0 Å². The highest BCUT2D eigenvalue weighted by Gasteiger charge is 2.35. The fourth-order valence-corrected chi connectivity index (χ4v) is 2.16. The Hall–Kier alpha value is -2.50. The van der Waals surface area contributed by atoms with Gasteiger partial charge in [0.15, 0.2) is 0 Å². The van der Waals surface area contributed by atoms with Crippen molar-refractivity contribution >= 4 is 24.1 Å². The van der Waals surface area contributed by atoms with Crippen molar-refractivity contribution in [3.8, 4) is 0 Å². The summed E-state index contributed by atoms with van der Waals surface area (Å²) in [6.07, 6.45) is 0.609. The highest BCUT2D eigenvalue weighted by atomic mass is 16.2. The molecular weight excluding hydrogens is 284 g/mol. The smallest absolute Gasteiger partial charge is 0.261 e. The zero-order valence-electron chi connectivity index (χ0n) is 13.0. The van der Waals surface area contributed by atoms with Crippen LogP contribution in [-0.2, 0) is 14.4 Å². The molecule has 1 aromatic carbocycles. The van der Waals surface area contributed by atoms with Crippen LogP contribution in [0, 0.1) is 6.92 Å². The predicted octanol–water partition coefficient (Wildman–Crippen LogP) is 1.43. The Kier molecular flexibility index (Phi) is 6.44. The van der Waals surface area contributed by atoms with Crippen molar-refractivity contribution in [3.63, 3.8) is 0 Å². The second kappa shape index (κ2) is 8.07. The number of carbonyl (C=O) groups excluding carboxylic acids is 4. The maximum absolute atomic E-state index is 12.4. The maximum atomic E-state index is 12.4. The van der Waals surface area contributed by atoms with Gasteiger partial charge in [-0.25, -0.2) is 0 Å². The molecule has 0 saturated carbocycles. The van der Waals surface area contributed by atoms with Gasteiger partial charge in [-0.1, -0.05) is 32.0 Å². The van der Waals surface area contributed by atoms with Gasteiger partial charge >= 0.3 is 0 Å². The van der Waals surface area contributed by atoms with Crippen molar-refractivity contribution in [3.05, 3.63) is 35.4 Å². The van der Waals surface area contributed by atoms with Crippen LogP contribution in [0.2, 0.25) is 0 Å². The fourth-order valence-electron chi connectivity index (χ4n) is 2.16. The van der Waals surface area contributed by atoms with E-state index in [9.17, 15) is 19.2 Å². The highest BCUT2D eigenvalue weighted by molar-refractivity contribution is 6.07. The zero-order valence-corrected chi connectivity index (χ0v) is 13.0. The first kappa shape index (κ1) is 17.6. The molecule has 1 N–H and O–H groups in total. The molecule has 1 heterocycles. The summed E-state index contributed by atoms with van der Waals surface area (Å²) in [7, 11) is 0. The minimum atomic E-state index is -0.933. The van der Waals surface area contributed by atoms with Crippen molar-refractivity contribution in [1.29, 1.82) is 0 Å². The normalized spacial score (nSPS) is 17.0. The van der Waals surface area contributed by atoms with Gasteiger partial charge in [0.25, 0.3) is 5.91 Å². The summed E-state index contributed by atoms with van der Waals surface area (Å²) in [6, 6.07) is 5.88. The molecule has 1 fully saturated rings. The Morgan fingerprint density at radius 3 is 2.45 bits per heavy atom. The maximum Gasteiger partial charge on any atom is 0.261 e. The number of amides is 4. The first-order valence-electron chi connectivity index (χ1n) is 7.22. The van der Waals surface area contributed by atoms with Crippen LogP contribution in [-0.4, -0.2) is 35.1 Å². The Morgan fingerprint density at radius 2 is 1.91 bits per heavy atom. The molecule has 1 atom stereocenters. The molecule has 22 heavy (non-hydrogen) atoms. The lowest BCUT2D eigenvalue weighted by Crippen LogP contribution is -2.53. The number of nitrogens with zero attached hydrogens (tertiary/aromatic N) is 1. The van der Waals surface area contributed by atoms with Crippen LogP contribution >= 0.6 is 0 Å². The molecule has 0 aliphatic carbocycles. The molecule has 4 amide bonds. The minimum Gasteiger partial charge on any atom is -0.295 e. The van der Waals surface area contributed by atoms with E-state index in [-0.39, 0.29) is 18.7 Å². The van der Waals surface area contributed by atoms with Crippen LogP contribution in [0.4, 0.5) is 0 Å². The molecule has 6 heteroatoms. The van der Waals surface area contributed by atoms with Crippen molar-refractivity contribution in [2.45, 2.75) is 39.7 Å². The number of benzene rings is 1. The van der Waals surface area contributed by atoms with E-state index in [0.717, 1.165) is 10.5 Å². The third-order valence-electron chi connectivity index (χ3n) is 3.27. The number of hydrogen-bond donors (Lipinski definition) is 1. The van der Waals surface area contributed by atoms with E-state index >= 15 is 0 Å².